The van der Waals surface area contributed by atoms with Crippen molar-refractivity contribution in [2.75, 3.05) is 0 Å². The van der Waals surface area contributed by atoms with E-state index < -0.39 is 0 Å². The molecule has 0 spiro atoms. The van der Waals surface area contributed by atoms with Crippen molar-refractivity contribution in [1.29, 1.82) is 0 Å². The van der Waals surface area contributed by atoms with E-state index in [0.29, 0.717) is 10.7 Å². The summed E-state index contributed by atoms with van der Waals surface area (Å²) in [6.45, 7) is 0. The molecule has 1 fully saturated rings. The molecule has 19 heavy (non-hydrogen) atoms. The monoisotopic (exact) mass is 277 g/mol. The highest BCUT2D eigenvalue weighted by molar-refractivity contribution is 6.36. The number of halogens is 1. The molecular weight excluding hydrogens is 262 g/mol. The Bertz CT molecular complexity index is 602. The van der Waals surface area contributed by atoms with Crippen molar-refractivity contribution >= 4 is 23.0 Å². The number of rotatable bonds is 2. The molecule has 100 valence electrons. The van der Waals surface area contributed by atoms with E-state index in [2.05, 4.69) is 10.4 Å². The van der Waals surface area contributed by atoms with Gasteiger partial charge in [0.05, 0.1) is 10.5 Å². The summed E-state index contributed by atoms with van der Waals surface area (Å²) >= 11 is 6.23. The normalized spacial score (nSPS) is 16.7. The van der Waals surface area contributed by atoms with Crippen molar-refractivity contribution in [2.24, 2.45) is 0 Å². The molecule has 5 heteroatoms. The van der Waals surface area contributed by atoms with Crippen LogP contribution in [-0.4, -0.2) is 21.6 Å². The molecule has 0 atom stereocenters. The summed E-state index contributed by atoms with van der Waals surface area (Å²) in [4.78, 5) is 12.2. The zero-order chi connectivity index (χ0) is 13.2. The smallest absolute Gasteiger partial charge is 0.273 e. The first-order valence-corrected chi connectivity index (χ1v) is 7.07. The first-order chi connectivity index (χ1) is 9.25. The Morgan fingerprint density at radius 2 is 2.11 bits per heavy atom. The molecule has 0 bridgehead atoms. The molecule has 4 nitrogen and oxygen atoms in total. The molecule has 1 aliphatic carbocycles. The van der Waals surface area contributed by atoms with E-state index in [9.17, 15) is 4.79 Å². The molecule has 0 aromatic carbocycles. The maximum absolute atomic E-state index is 12.2. The van der Waals surface area contributed by atoms with Gasteiger partial charge in [0.1, 0.15) is 0 Å². The predicted molar refractivity (Wildman–Crippen MR) is 74.5 cm³/mol. The van der Waals surface area contributed by atoms with Crippen LogP contribution in [0.15, 0.2) is 24.4 Å². The third-order valence-electron chi connectivity index (χ3n) is 3.64. The van der Waals surface area contributed by atoms with Crippen LogP contribution in [0.2, 0.25) is 5.02 Å². The minimum atomic E-state index is -0.166. The lowest BCUT2D eigenvalue weighted by Gasteiger charge is -2.22. The van der Waals surface area contributed by atoms with Crippen molar-refractivity contribution < 1.29 is 4.79 Å². The maximum Gasteiger partial charge on any atom is 0.273 e. The van der Waals surface area contributed by atoms with Gasteiger partial charge in [0.2, 0.25) is 0 Å². The van der Waals surface area contributed by atoms with Crippen LogP contribution in [0.25, 0.3) is 5.52 Å². The van der Waals surface area contributed by atoms with Gasteiger partial charge in [-0.1, -0.05) is 36.9 Å². The van der Waals surface area contributed by atoms with Gasteiger partial charge in [-0.15, -0.1) is 0 Å². The van der Waals surface area contributed by atoms with Crippen LogP contribution in [0.5, 0.6) is 0 Å². The third-order valence-corrected chi connectivity index (χ3v) is 4.01. The number of hydrogen-bond acceptors (Lipinski definition) is 2. The molecule has 0 unspecified atom stereocenters. The largest absolute Gasteiger partial charge is 0.348 e. The average molecular weight is 278 g/mol. The van der Waals surface area contributed by atoms with Crippen LogP contribution in [0, 0.1) is 0 Å². The Hall–Kier alpha value is -1.55. The van der Waals surface area contributed by atoms with Crippen LogP contribution in [0.4, 0.5) is 0 Å². The van der Waals surface area contributed by atoms with Crippen LogP contribution < -0.4 is 5.32 Å². The highest BCUT2D eigenvalue weighted by atomic mass is 35.5. The Morgan fingerprint density at radius 1 is 1.32 bits per heavy atom. The number of fused-ring (bicyclic) bond motifs is 1. The summed E-state index contributed by atoms with van der Waals surface area (Å²) in [5, 5.41) is 7.71. The molecule has 1 aliphatic rings. The van der Waals surface area contributed by atoms with Gasteiger partial charge in [-0.2, -0.15) is 5.10 Å². The van der Waals surface area contributed by atoms with Gasteiger partial charge in [0.25, 0.3) is 5.91 Å². The van der Waals surface area contributed by atoms with Crippen molar-refractivity contribution in [2.45, 2.75) is 38.1 Å². The number of carbonyl (C=O) groups is 1. The fourth-order valence-corrected chi connectivity index (χ4v) is 2.89. The van der Waals surface area contributed by atoms with E-state index in [0.717, 1.165) is 18.4 Å². The van der Waals surface area contributed by atoms with Crippen LogP contribution >= 0.6 is 11.6 Å². The van der Waals surface area contributed by atoms with Crippen LogP contribution in [0.1, 0.15) is 42.6 Å². The molecule has 1 saturated carbocycles. The lowest BCUT2D eigenvalue weighted by atomic mass is 9.95. The Balaban J connectivity index is 1.83. The van der Waals surface area contributed by atoms with Gasteiger partial charge < -0.3 is 5.32 Å². The van der Waals surface area contributed by atoms with E-state index in [1.54, 1.807) is 10.7 Å². The Labute approximate surface area is 116 Å². The van der Waals surface area contributed by atoms with Crippen molar-refractivity contribution in [3.8, 4) is 0 Å². The molecule has 2 aromatic heterocycles. The van der Waals surface area contributed by atoms with Gasteiger partial charge in [-0.3, -0.25) is 4.79 Å². The molecule has 0 aliphatic heterocycles. The minimum absolute atomic E-state index is 0.166. The molecule has 1 N–H and O–H groups in total. The fraction of sp³-hybridized carbons (Fsp3) is 0.429. The summed E-state index contributed by atoms with van der Waals surface area (Å²) in [6, 6.07) is 5.86. The fourth-order valence-electron chi connectivity index (χ4n) is 2.61. The molecule has 0 radical (unpaired) electrons. The van der Waals surface area contributed by atoms with Gasteiger partial charge in [0, 0.05) is 12.2 Å². The summed E-state index contributed by atoms with van der Waals surface area (Å²) in [6.07, 6.45) is 7.53. The zero-order valence-corrected chi connectivity index (χ0v) is 11.4. The van der Waals surface area contributed by atoms with Gasteiger partial charge in [-0.05, 0) is 25.0 Å². The van der Waals surface area contributed by atoms with Crippen molar-refractivity contribution in [1.82, 2.24) is 14.9 Å². The number of aromatic nitrogens is 2. The second-order valence-corrected chi connectivity index (χ2v) is 5.38. The topological polar surface area (TPSA) is 46.4 Å². The summed E-state index contributed by atoms with van der Waals surface area (Å²) in [5.74, 6) is -0.166. The number of nitrogens with one attached hydrogen (secondary N) is 1. The van der Waals surface area contributed by atoms with E-state index in [1.807, 2.05) is 18.2 Å². The van der Waals surface area contributed by atoms with E-state index in [4.69, 9.17) is 11.6 Å². The Kier molecular flexibility index (Phi) is 3.42. The molecule has 2 aromatic rings. The molecular formula is C14H16ClN3O. The highest BCUT2D eigenvalue weighted by Gasteiger charge is 2.21. The number of hydrogen-bond donors (Lipinski definition) is 1. The Morgan fingerprint density at radius 3 is 2.84 bits per heavy atom. The molecule has 2 heterocycles. The molecule has 3 rings (SSSR count). The number of amides is 1. The number of carbonyl (C=O) groups excluding carboxylic acids is 1. The second kappa shape index (κ2) is 5.21. The second-order valence-electron chi connectivity index (χ2n) is 5.00. The summed E-state index contributed by atoms with van der Waals surface area (Å²) in [7, 11) is 0. The first-order valence-electron chi connectivity index (χ1n) is 6.69. The lowest BCUT2D eigenvalue weighted by Crippen LogP contribution is -2.36. The molecule has 1 amide bonds. The third kappa shape index (κ3) is 2.45. The molecule has 0 saturated heterocycles. The number of nitrogens with zero attached hydrogens (tertiary/aromatic N) is 2. The summed E-state index contributed by atoms with van der Waals surface area (Å²) in [5.41, 5.74) is 1.08. The maximum atomic E-state index is 12.2. The van der Waals surface area contributed by atoms with E-state index in [-0.39, 0.29) is 11.9 Å². The number of pyridine rings is 1. The first kappa shape index (κ1) is 12.5. The van der Waals surface area contributed by atoms with Gasteiger partial charge in [0.15, 0.2) is 5.69 Å². The van der Waals surface area contributed by atoms with Gasteiger partial charge >= 0.3 is 0 Å². The SMILES string of the molecule is O=C(NC1CCCCC1)c1nn2ccccc2c1Cl. The predicted octanol–water partition coefficient (Wildman–Crippen LogP) is 3.05. The average Bonchev–Trinajstić information content (AvgIpc) is 2.78. The van der Waals surface area contributed by atoms with Crippen molar-refractivity contribution in [3.05, 3.63) is 35.1 Å². The minimum Gasteiger partial charge on any atom is -0.348 e. The van der Waals surface area contributed by atoms with Gasteiger partial charge in [-0.25, -0.2) is 4.52 Å². The van der Waals surface area contributed by atoms with E-state index >= 15 is 0 Å². The van der Waals surface area contributed by atoms with Crippen molar-refractivity contribution in [3.63, 3.8) is 0 Å². The standard InChI is InChI=1S/C14H16ClN3O/c15-12-11-8-4-5-9-18(11)17-13(12)14(19)16-10-6-2-1-3-7-10/h4-5,8-10H,1-3,6-7H2,(H,16,19). The van der Waals surface area contributed by atoms with Crippen LogP contribution in [-0.2, 0) is 0 Å². The highest BCUT2D eigenvalue weighted by Crippen LogP contribution is 2.23. The van der Waals surface area contributed by atoms with E-state index in [1.165, 1.54) is 19.3 Å². The zero-order valence-electron chi connectivity index (χ0n) is 10.6. The lowest BCUT2D eigenvalue weighted by molar-refractivity contribution is 0.0922. The quantitative estimate of drug-likeness (QED) is 0.917. The summed E-state index contributed by atoms with van der Waals surface area (Å²) < 4.78 is 1.64. The van der Waals surface area contributed by atoms with Crippen LogP contribution in [0.3, 0.4) is 0 Å².